The number of hydrogen-bond donors (Lipinski definition) is 0. The lowest BCUT2D eigenvalue weighted by molar-refractivity contribution is -0.133. The van der Waals surface area contributed by atoms with E-state index >= 15 is 0 Å². The van der Waals surface area contributed by atoms with Crippen molar-refractivity contribution in [3.63, 3.8) is 0 Å². The van der Waals surface area contributed by atoms with E-state index in [1.54, 1.807) is 0 Å². The van der Waals surface area contributed by atoms with Gasteiger partial charge in [-0.1, -0.05) is 91.0 Å². The Balaban J connectivity index is 1.32. The predicted molar refractivity (Wildman–Crippen MR) is 136 cm³/mol. The van der Waals surface area contributed by atoms with Gasteiger partial charge in [-0.15, -0.1) is 0 Å². The normalized spacial score (nSPS) is 15.0. The fourth-order valence-electron chi connectivity index (χ4n) is 5.17. The second kappa shape index (κ2) is 11.8. The summed E-state index contributed by atoms with van der Waals surface area (Å²) >= 11 is 0. The smallest absolute Gasteiger partial charge is 0.227 e. The number of carbonyl (C=O) groups is 1. The Morgan fingerprint density at radius 2 is 1.36 bits per heavy atom. The van der Waals surface area contributed by atoms with Gasteiger partial charge < -0.3 is 9.80 Å². The van der Waals surface area contributed by atoms with Crippen molar-refractivity contribution in [2.45, 2.75) is 44.6 Å². The molecule has 1 amide bonds. The quantitative estimate of drug-likeness (QED) is 0.422. The van der Waals surface area contributed by atoms with Gasteiger partial charge in [-0.05, 0) is 49.4 Å². The first-order valence-electron chi connectivity index (χ1n) is 12.4. The summed E-state index contributed by atoms with van der Waals surface area (Å²) in [5, 5.41) is 0. The zero-order valence-electron chi connectivity index (χ0n) is 19.8. The number of hydrogen-bond acceptors (Lipinski definition) is 2. The molecule has 0 unspecified atom stereocenters. The third kappa shape index (κ3) is 6.33. The second-order valence-corrected chi connectivity index (χ2v) is 9.08. The molecule has 3 heteroatoms. The van der Waals surface area contributed by atoms with Crippen molar-refractivity contribution in [2.24, 2.45) is 0 Å². The van der Waals surface area contributed by atoms with Crippen LogP contribution in [0.5, 0.6) is 0 Å². The average Bonchev–Trinajstić information content (AvgIpc) is 2.87. The van der Waals surface area contributed by atoms with Gasteiger partial charge in [0.15, 0.2) is 0 Å². The van der Waals surface area contributed by atoms with Crippen LogP contribution in [0.1, 0.15) is 48.8 Å². The highest BCUT2D eigenvalue weighted by Crippen LogP contribution is 2.29. The van der Waals surface area contributed by atoms with Crippen molar-refractivity contribution in [3.05, 3.63) is 108 Å². The molecule has 33 heavy (non-hydrogen) atoms. The summed E-state index contributed by atoms with van der Waals surface area (Å²) in [5.74, 6) is 0.681. The highest BCUT2D eigenvalue weighted by molar-refractivity contribution is 5.79. The number of rotatable bonds is 9. The van der Waals surface area contributed by atoms with Crippen LogP contribution in [0.15, 0.2) is 91.0 Å². The molecule has 0 radical (unpaired) electrons. The maximum absolute atomic E-state index is 13.0. The van der Waals surface area contributed by atoms with E-state index in [1.165, 1.54) is 11.1 Å². The van der Waals surface area contributed by atoms with Crippen LogP contribution >= 0.6 is 0 Å². The van der Waals surface area contributed by atoms with Crippen LogP contribution in [-0.2, 0) is 11.2 Å². The third-order valence-corrected chi connectivity index (χ3v) is 6.99. The molecule has 1 heterocycles. The van der Waals surface area contributed by atoms with E-state index in [1.807, 2.05) is 30.3 Å². The number of piperidine rings is 1. The number of likely N-dealkylation sites (tertiary alicyclic amines) is 1. The third-order valence-electron chi connectivity index (χ3n) is 6.99. The van der Waals surface area contributed by atoms with Gasteiger partial charge in [0.05, 0.1) is 6.42 Å². The lowest BCUT2D eigenvalue weighted by atomic mass is 9.88. The fourth-order valence-corrected chi connectivity index (χ4v) is 5.17. The molecule has 0 N–H and O–H groups in total. The van der Waals surface area contributed by atoms with Crippen LogP contribution in [0.2, 0.25) is 0 Å². The Bertz CT molecular complexity index is 926. The van der Waals surface area contributed by atoms with Crippen molar-refractivity contribution in [2.75, 3.05) is 26.2 Å². The first-order chi connectivity index (χ1) is 16.2. The first-order valence-corrected chi connectivity index (χ1v) is 12.4. The molecule has 1 saturated heterocycles. The molecule has 0 aromatic heterocycles. The summed E-state index contributed by atoms with van der Waals surface area (Å²) in [7, 11) is 0. The van der Waals surface area contributed by atoms with E-state index in [4.69, 9.17) is 0 Å². The summed E-state index contributed by atoms with van der Waals surface area (Å²) in [6.45, 7) is 6.12. The van der Waals surface area contributed by atoms with Crippen molar-refractivity contribution in [1.82, 2.24) is 9.80 Å². The SMILES string of the molecule is CCN(C(=O)Cc1ccccc1)C1CCN(CCC(c2ccccc2)c2ccccc2)CC1. The van der Waals surface area contributed by atoms with E-state index in [2.05, 4.69) is 77.4 Å². The molecular weight excluding hydrogens is 404 g/mol. The van der Waals surface area contributed by atoms with Gasteiger partial charge in [0.1, 0.15) is 0 Å². The molecule has 172 valence electrons. The number of amides is 1. The van der Waals surface area contributed by atoms with E-state index in [9.17, 15) is 4.79 Å². The zero-order valence-corrected chi connectivity index (χ0v) is 19.8. The largest absolute Gasteiger partial charge is 0.340 e. The molecule has 1 aliphatic rings. The van der Waals surface area contributed by atoms with Crippen LogP contribution in [0.25, 0.3) is 0 Å². The molecule has 3 aromatic rings. The van der Waals surface area contributed by atoms with Crippen molar-refractivity contribution >= 4 is 5.91 Å². The van der Waals surface area contributed by atoms with Crippen LogP contribution in [0.3, 0.4) is 0 Å². The lowest BCUT2D eigenvalue weighted by Crippen LogP contribution is -2.48. The minimum atomic E-state index is 0.260. The molecule has 0 atom stereocenters. The summed E-state index contributed by atoms with van der Waals surface area (Å²) in [4.78, 5) is 17.7. The van der Waals surface area contributed by atoms with Gasteiger partial charge in [0.2, 0.25) is 5.91 Å². The van der Waals surface area contributed by atoms with Crippen molar-refractivity contribution < 1.29 is 4.79 Å². The van der Waals surface area contributed by atoms with Gasteiger partial charge in [0, 0.05) is 31.6 Å². The predicted octanol–water partition coefficient (Wildman–Crippen LogP) is 5.76. The van der Waals surface area contributed by atoms with Crippen LogP contribution in [-0.4, -0.2) is 47.9 Å². The van der Waals surface area contributed by atoms with Gasteiger partial charge >= 0.3 is 0 Å². The van der Waals surface area contributed by atoms with Gasteiger partial charge in [0.25, 0.3) is 0 Å². The minimum absolute atomic E-state index is 0.260. The lowest BCUT2D eigenvalue weighted by Gasteiger charge is -2.38. The number of carbonyl (C=O) groups excluding carboxylic acids is 1. The highest BCUT2D eigenvalue weighted by atomic mass is 16.2. The highest BCUT2D eigenvalue weighted by Gasteiger charge is 2.27. The molecule has 4 rings (SSSR count). The van der Waals surface area contributed by atoms with Crippen molar-refractivity contribution in [3.8, 4) is 0 Å². The second-order valence-electron chi connectivity index (χ2n) is 9.08. The number of nitrogens with zero attached hydrogens (tertiary/aromatic N) is 2. The maximum Gasteiger partial charge on any atom is 0.227 e. The molecule has 1 fully saturated rings. The Labute approximate surface area is 199 Å². The van der Waals surface area contributed by atoms with E-state index in [-0.39, 0.29) is 5.91 Å². The number of benzene rings is 3. The first kappa shape index (κ1) is 23.3. The molecule has 0 bridgehead atoms. The maximum atomic E-state index is 13.0. The standard InChI is InChI=1S/C30H36N2O/c1-2-32(30(33)24-25-12-6-3-7-13-25)28-18-21-31(22-19-28)23-20-29(26-14-8-4-9-15-26)27-16-10-5-11-17-27/h3-17,28-29H,2,18-24H2,1H3. The van der Waals surface area contributed by atoms with E-state index in [0.717, 1.165) is 51.0 Å². The topological polar surface area (TPSA) is 23.6 Å². The van der Waals surface area contributed by atoms with Gasteiger partial charge in [-0.2, -0.15) is 0 Å². The molecule has 0 spiro atoms. The monoisotopic (exact) mass is 440 g/mol. The van der Waals surface area contributed by atoms with E-state index < -0.39 is 0 Å². The Morgan fingerprint density at radius 1 is 0.848 bits per heavy atom. The van der Waals surface area contributed by atoms with Crippen LogP contribution in [0.4, 0.5) is 0 Å². The Hall–Kier alpha value is -2.91. The molecule has 3 aromatic carbocycles. The number of likely N-dealkylation sites (N-methyl/N-ethyl adjacent to an activating group) is 1. The molecule has 0 saturated carbocycles. The van der Waals surface area contributed by atoms with Crippen molar-refractivity contribution in [1.29, 1.82) is 0 Å². The van der Waals surface area contributed by atoms with Crippen LogP contribution in [0, 0.1) is 0 Å². The molecule has 1 aliphatic heterocycles. The minimum Gasteiger partial charge on any atom is -0.340 e. The summed E-state index contributed by atoms with van der Waals surface area (Å²) in [5.41, 5.74) is 3.88. The fraction of sp³-hybridized carbons (Fsp3) is 0.367. The average molecular weight is 441 g/mol. The zero-order chi connectivity index (χ0) is 22.9. The summed E-state index contributed by atoms with van der Waals surface area (Å²) in [6, 6.07) is 32.2. The van der Waals surface area contributed by atoms with Gasteiger partial charge in [-0.3, -0.25) is 4.79 Å². The molecule has 0 aliphatic carbocycles. The van der Waals surface area contributed by atoms with Crippen LogP contribution < -0.4 is 0 Å². The Kier molecular flexibility index (Phi) is 8.32. The Morgan fingerprint density at radius 3 is 1.88 bits per heavy atom. The summed E-state index contributed by atoms with van der Waals surface area (Å²) < 4.78 is 0. The van der Waals surface area contributed by atoms with E-state index in [0.29, 0.717) is 18.4 Å². The molecule has 3 nitrogen and oxygen atoms in total. The molecular formula is C30H36N2O. The summed E-state index contributed by atoms with van der Waals surface area (Å²) in [6.07, 6.45) is 3.75. The van der Waals surface area contributed by atoms with Gasteiger partial charge in [-0.25, -0.2) is 0 Å².